The highest BCUT2D eigenvalue weighted by Gasteiger charge is 2.20. The zero-order valence-corrected chi connectivity index (χ0v) is 15.4. The summed E-state index contributed by atoms with van der Waals surface area (Å²) in [6.45, 7) is -0.360. The van der Waals surface area contributed by atoms with E-state index >= 15 is 0 Å². The van der Waals surface area contributed by atoms with E-state index in [4.69, 9.17) is 4.55 Å². The first-order valence-corrected chi connectivity index (χ1v) is 9.63. The normalized spacial score (nSPS) is 10.7. The number of aromatic nitrogens is 2. The summed E-state index contributed by atoms with van der Waals surface area (Å²) in [4.78, 5) is 12.7. The van der Waals surface area contributed by atoms with Gasteiger partial charge in [0.1, 0.15) is 17.3 Å². The van der Waals surface area contributed by atoms with Crippen molar-refractivity contribution in [2.75, 3.05) is 5.75 Å². The quantitative estimate of drug-likeness (QED) is 0.644. The molecule has 0 atom stereocenters. The number of hydrogen-bond donors (Lipinski definition) is 1. The third kappa shape index (κ3) is 4.50. The van der Waals surface area contributed by atoms with Crippen molar-refractivity contribution < 1.29 is 18.4 Å². The Bertz CT molecular complexity index is 1170. The number of hydrogen-bond acceptors (Lipinski definition) is 5. The molecule has 0 bridgehead atoms. The molecule has 0 aliphatic rings. The zero-order valence-electron chi connectivity index (χ0n) is 14.6. The molecule has 8 nitrogen and oxygen atoms in total. The molecule has 9 heteroatoms. The molecule has 0 spiro atoms. The fourth-order valence-corrected chi connectivity index (χ4v) is 3.12. The second-order valence-electron chi connectivity index (χ2n) is 5.76. The van der Waals surface area contributed by atoms with Gasteiger partial charge in [-0.2, -0.15) is 18.8 Å². The maximum Gasteiger partial charge on any atom is 0.285 e. The van der Waals surface area contributed by atoms with Crippen molar-refractivity contribution in [3.8, 4) is 28.5 Å². The lowest BCUT2D eigenvalue weighted by Gasteiger charge is -2.14. The Balaban J connectivity index is 0.00000280. The van der Waals surface area contributed by atoms with Crippen molar-refractivity contribution in [3.05, 3.63) is 76.6 Å². The molecule has 0 unspecified atom stereocenters. The predicted octanol–water partition coefficient (Wildman–Crippen LogP) is 1.51. The Morgan fingerprint density at radius 3 is 2.04 bits per heavy atom. The van der Waals surface area contributed by atoms with E-state index in [9.17, 15) is 18.5 Å². The van der Waals surface area contributed by atoms with Gasteiger partial charge in [0.05, 0.1) is 12.3 Å². The van der Waals surface area contributed by atoms with Gasteiger partial charge in [-0.3, -0.25) is 9.35 Å². The smallest absolute Gasteiger partial charge is 0.285 e. The highest BCUT2D eigenvalue weighted by Crippen LogP contribution is 2.31. The van der Waals surface area contributed by atoms with E-state index in [1.807, 2.05) is 18.2 Å². The highest BCUT2D eigenvalue weighted by atomic mass is 32.2. The third-order valence-electron chi connectivity index (χ3n) is 3.94. The lowest BCUT2D eigenvalue weighted by atomic mass is 9.96. The molecule has 28 heavy (non-hydrogen) atoms. The molecule has 1 heterocycles. The lowest BCUT2D eigenvalue weighted by molar-refractivity contribution is 0.473. The fourth-order valence-electron chi connectivity index (χ4n) is 2.71. The van der Waals surface area contributed by atoms with Crippen molar-refractivity contribution >= 4 is 10.1 Å². The van der Waals surface area contributed by atoms with Gasteiger partial charge in [-0.25, -0.2) is 4.68 Å². The van der Waals surface area contributed by atoms with Crippen LogP contribution in [-0.4, -0.2) is 34.0 Å². The topological polar surface area (TPSA) is 145 Å². The Morgan fingerprint density at radius 1 is 1.00 bits per heavy atom. The molecular weight excluding hydrogens is 382 g/mol. The molecule has 0 aliphatic carbocycles. The van der Waals surface area contributed by atoms with Crippen LogP contribution in [0.25, 0.3) is 22.4 Å². The predicted molar refractivity (Wildman–Crippen MR) is 104 cm³/mol. The second-order valence-corrected chi connectivity index (χ2v) is 7.33. The molecular formula is C19H17N3O5S. The van der Waals surface area contributed by atoms with Crippen LogP contribution in [0.2, 0.25) is 0 Å². The minimum absolute atomic E-state index is 0. The van der Waals surface area contributed by atoms with Gasteiger partial charge in [-0.05, 0) is 5.56 Å². The van der Waals surface area contributed by atoms with Gasteiger partial charge >= 0.3 is 0 Å². The van der Waals surface area contributed by atoms with Crippen LogP contribution in [0.15, 0.2) is 65.5 Å². The van der Waals surface area contributed by atoms with Crippen molar-refractivity contribution in [2.45, 2.75) is 6.54 Å². The van der Waals surface area contributed by atoms with E-state index in [-0.39, 0.29) is 17.6 Å². The van der Waals surface area contributed by atoms with Crippen molar-refractivity contribution in [1.82, 2.24) is 9.78 Å². The molecule has 144 valence electrons. The summed E-state index contributed by atoms with van der Waals surface area (Å²) >= 11 is 0. The van der Waals surface area contributed by atoms with Gasteiger partial charge in [0, 0.05) is 11.1 Å². The summed E-state index contributed by atoms with van der Waals surface area (Å²) in [5, 5.41) is 13.9. The molecule has 0 aliphatic heterocycles. The maximum absolute atomic E-state index is 12.7. The molecule has 3 aromatic rings. The first kappa shape index (κ1) is 21.0. The van der Waals surface area contributed by atoms with E-state index in [2.05, 4.69) is 5.10 Å². The summed E-state index contributed by atoms with van der Waals surface area (Å²) in [6, 6.07) is 19.8. The molecule has 3 N–H and O–H groups in total. The lowest BCUT2D eigenvalue weighted by Crippen LogP contribution is -2.29. The van der Waals surface area contributed by atoms with Crippen LogP contribution in [-0.2, 0) is 16.7 Å². The number of nitrogens with zero attached hydrogens (tertiary/aromatic N) is 3. The Kier molecular flexibility index (Phi) is 6.43. The van der Waals surface area contributed by atoms with Crippen molar-refractivity contribution in [1.29, 1.82) is 5.26 Å². The molecule has 0 fully saturated rings. The summed E-state index contributed by atoms with van der Waals surface area (Å²) < 4.78 is 32.0. The zero-order chi connectivity index (χ0) is 19.4. The molecule has 0 saturated heterocycles. The van der Waals surface area contributed by atoms with Gasteiger partial charge in [-0.15, -0.1) is 0 Å². The molecule has 3 rings (SSSR count). The van der Waals surface area contributed by atoms with Crippen LogP contribution in [0.1, 0.15) is 5.56 Å². The SMILES string of the molecule is N#Cc1c(-c2ccccc2)c(-c2ccccc2)nn(CCS(=O)(=O)O)c1=O.O. The third-order valence-corrected chi connectivity index (χ3v) is 4.64. The van der Waals surface area contributed by atoms with Gasteiger partial charge in [-0.1, -0.05) is 60.7 Å². The van der Waals surface area contributed by atoms with Gasteiger partial charge in [0.15, 0.2) is 0 Å². The number of nitriles is 1. The Morgan fingerprint density at radius 2 is 1.54 bits per heavy atom. The number of aryl methyl sites for hydroxylation is 1. The maximum atomic E-state index is 12.7. The van der Waals surface area contributed by atoms with Crippen LogP contribution in [0, 0.1) is 11.3 Å². The first-order valence-electron chi connectivity index (χ1n) is 8.02. The molecule has 1 aromatic heterocycles. The highest BCUT2D eigenvalue weighted by molar-refractivity contribution is 7.85. The minimum Gasteiger partial charge on any atom is -0.412 e. The number of rotatable bonds is 5. The summed E-state index contributed by atoms with van der Waals surface area (Å²) in [5.41, 5.74) is 1.25. The molecule has 0 radical (unpaired) electrons. The van der Waals surface area contributed by atoms with Gasteiger partial charge < -0.3 is 5.48 Å². The van der Waals surface area contributed by atoms with E-state index < -0.39 is 21.4 Å². The Hall–Kier alpha value is -3.32. The van der Waals surface area contributed by atoms with E-state index in [0.29, 0.717) is 22.4 Å². The summed E-state index contributed by atoms with van der Waals surface area (Å²) in [6.07, 6.45) is 0. The average molecular weight is 399 g/mol. The number of benzene rings is 2. The van der Waals surface area contributed by atoms with Gasteiger partial charge in [0.2, 0.25) is 0 Å². The standard InChI is InChI=1S/C19H15N3O4S.H2O/c20-13-16-17(14-7-3-1-4-8-14)18(15-9-5-2-6-10-15)21-22(19(16)23)11-12-27(24,25)26;/h1-10H,11-12H2,(H,24,25,26);1H2. The summed E-state index contributed by atoms with van der Waals surface area (Å²) in [7, 11) is -4.28. The van der Waals surface area contributed by atoms with E-state index in [0.717, 1.165) is 4.68 Å². The monoisotopic (exact) mass is 399 g/mol. The van der Waals surface area contributed by atoms with Crippen LogP contribution in [0.4, 0.5) is 0 Å². The van der Waals surface area contributed by atoms with E-state index in [1.165, 1.54) is 0 Å². The molecule has 0 amide bonds. The largest absolute Gasteiger partial charge is 0.412 e. The second kappa shape index (κ2) is 8.58. The van der Waals surface area contributed by atoms with Crippen LogP contribution < -0.4 is 5.56 Å². The molecule has 2 aromatic carbocycles. The average Bonchev–Trinajstić information content (AvgIpc) is 2.67. The van der Waals surface area contributed by atoms with Gasteiger partial charge in [0.25, 0.3) is 15.7 Å². The first-order chi connectivity index (χ1) is 12.9. The van der Waals surface area contributed by atoms with Crippen LogP contribution in [0.3, 0.4) is 0 Å². The minimum atomic E-state index is -4.28. The van der Waals surface area contributed by atoms with Crippen LogP contribution in [0.5, 0.6) is 0 Å². The van der Waals surface area contributed by atoms with Crippen molar-refractivity contribution in [2.24, 2.45) is 0 Å². The molecule has 0 saturated carbocycles. The van der Waals surface area contributed by atoms with E-state index in [1.54, 1.807) is 48.5 Å². The van der Waals surface area contributed by atoms with Crippen LogP contribution >= 0.6 is 0 Å². The summed E-state index contributed by atoms with van der Waals surface area (Å²) in [5.74, 6) is -0.677. The Labute approximate surface area is 161 Å². The fraction of sp³-hybridized carbons (Fsp3) is 0.105. The van der Waals surface area contributed by atoms with Crippen molar-refractivity contribution in [3.63, 3.8) is 0 Å².